The van der Waals surface area contributed by atoms with Gasteiger partial charge in [0, 0.05) is 23.7 Å². The summed E-state index contributed by atoms with van der Waals surface area (Å²) in [5.74, 6) is 1.19. The molecule has 1 amide bonds. The number of aryl methyl sites for hydroxylation is 1. The summed E-state index contributed by atoms with van der Waals surface area (Å²) < 4.78 is 1.73. The predicted molar refractivity (Wildman–Crippen MR) is 90.3 cm³/mol. The second-order valence-electron chi connectivity index (χ2n) is 5.60. The first-order chi connectivity index (χ1) is 10.7. The number of carbonyl (C=O) groups excluding carboxylic acids is 1. The summed E-state index contributed by atoms with van der Waals surface area (Å²) in [6.07, 6.45) is 0. The van der Waals surface area contributed by atoms with E-state index in [1.165, 1.54) is 0 Å². The zero-order valence-electron chi connectivity index (χ0n) is 13.2. The van der Waals surface area contributed by atoms with E-state index in [0.29, 0.717) is 18.3 Å². The van der Waals surface area contributed by atoms with Gasteiger partial charge in [-0.15, -0.1) is 17.5 Å². The van der Waals surface area contributed by atoms with Crippen molar-refractivity contribution in [1.82, 2.24) is 25.5 Å². The number of anilines is 1. The Morgan fingerprint density at radius 2 is 2.26 bits per heavy atom. The zero-order chi connectivity index (χ0) is 15.5. The van der Waals surface area contributed by atoms with E-state index < -0.39 is 0 Å². The second kappa shape index (κ2) is 7.52. The number of rotatable bonds is 5. The van der Waals surface area contributed by atoms with E-state index in [4.69, 9.17) is 0 Å². The molecule has 0 bridgehead atoms. The molecule has 0 aliphatic carbocycles. The van der Waals surface area contributed by atoms with Crippen LogP contribution in [0.15, 0.2) is 24.3 Å². The molecule has 1 aliphatic rings. The topological polar surface area (TPSA) is 84.7 Å². The van der Waals surface area contributed by atoms with Gasteiger partial charge in [-0.25, -0.2) is 4.68 Å². The fraction of sp³-hybridized carbons (Fsp3) is 0.467. The molecule has 1 unspecified atom stereocenters. The summed E-state index contributed by atoms with van der Waals surface area (Å²) in [5.41, 5.74) is 1.66. The van der Waals surface area contributed by atoms with Crippen LogP contribution in [0.4, 0.5) is 5.69 Å². The lowest BCUT2D eigenvalue weighted by Gasteiger charge is -2.31. The number of tetrazole rings is 1. The van der Waals surface area contributed by atoms with Crippen LogP contribution >= 0.6 is 12.4 Å². The molecule has 7 nitrogen and oxygen atoms in total. The van der Waals surface area contributed by atoms with Gasteiger partial charge in [-0.3, -0.25) is 4.79 Å². The molecule has 1 aliphatic heterocycles. The van der Waals surface area contributed by atoms with Crippen molar-refractivity contribution in [3.63, 3.8) is 0 Å². The number of amides is 1. The van der Waals surface area contributed by atoms with Crippen LogP contribution in [-0.4, -0.2) is 39.2 Å². The molecule has 1 aromatic carbocycles. The number of nitrogens with one attached hydrogen (secondary N) is 2. The van der Waals surface area contributed by atoms with Crippen LogP contribution in [-0.2, 0) is 11.3 Å². The Kier molecular flexibility index (Phi) is 5.68. The van der Waals surface area contributed by atoms with Gasteiger partial charge in [-0.2, -0.15) is 0 Å². The minimum absolute atomic E-state index is 0. The predicted octanol–water partition coefficient (Wildman–Crippen LogP) is 1.58. The number of carbonyl (C=O) groups is 1. The maximum Gasteiger partial charge on any atom is 0.227 e. The molecule has 8 heteroatoms. The monoisotopic (exact) mass is 336 g/mol. The van der Waals surface area contributed by atoms with Crippen LogP contribution in [0.3, 0.4) is 0 Å². The normalized spacial score (nSPS) is 15.4. The molecule has 1 fully saturated rings. The van der Waals surface area contributed by atoms with Gasteiger partial charge < -0.3 is 10.6 Å². The van der Waals surface area contributed by atoms with Crippen LogP contribution in [0.25, 0.3) is 11.4 Å². The molecule has 2 aromatic rings. The average Bonchev–Trinajstić information content (AvgIpc) is 2.94. The lowest BCUT2D eigenvalue weighted by molar-refractivity contribution is -0.121. The van der Waals surface area contributed by atoms with Crippen molar-refractivity contribution in [3.05, 3.63) is 24.3 Å². The minimum atomic E-state index is 0. The molecule has 1 atom stereocenters. The first kappa shape index (κ1) is 17.4. The maximum atomic E-state index is 12.3. The highest BCUT2D eigenvalue weighted by Gasteiger charge is 2.28. The van der Waals surface area contributed by atoms with E-state index in [-0.39, 0.29) is 24.2 Å². The van der Waals surface area contributed by atoms with Crippen molar-refractivity contribution in [1.29, 1.82) is 0 Å². The van der Waals surface area contributed by atoms with Gasteiger partial charge in [-0.1, -0.05) is 19.1 Å². The number of halogens is 1. The van der Waals surface area contributed by atoms with Gasteiger partial charge in [0.1, 0.15) is 0 Å². The molecule has 23 heavy (non-hydrogen) atoms. The molecule has 1 saturated heterocycles. The van der Waals surface area contributed by atoms with Crippen molar-refractivity contribution in [2.24, 2.45) is 11.8 Å². The van der Waals surface area contributed by atoms with E-state index in [2.05, 4.69) is 26.2 Å². The standard InChI is InChI=1S/C15H20N6O.ClH/c1-3-21-14(18-19-20-21)11-5-4-6-13(7-11)17-15(22)10(2)12-8-16-9-12;/h4-7,10,12,16H,3,8-9H2,1-2H3,(H,17,22);1H. The van der Waals surface area contributed by atoms with Gasteiger partial charge in [0.2, 0.25) is 5.91 Å². The molecule has 0 spiro atoms. The van der Waals surface area contributed by atoms with Gasteiger partial charge in [-0.05, 0) is 48.5 Å². The molecular weight excluding hydrogens is 316 g/mol. The summed E-state index contributed by atoms with van der Waals surface area (Å²) in [5, 5.41) is 17.9. The fourth-order valence-corrected chi connectivity index (χ4v) is 2.50. The highest BCUT2D eigenvalue weighted by molar-refractivity contribution is 5.93. The Balaban J connectivity index is 0.00000192. The first-order valence-corrected chi connectivity index (χ1v) is 7.57. The SMILES string of the molecule is CCn1nnnc1-c1cccc(NC(=O)C(C)C2CNC2)c1.Cl. The van der Waals surface area contributed by atoms with E-state index >= 15 is 0 Å². The summed E-state index contributed by atoms with van der Waals surface area (Å²) in [4.78, 5) is 12.3. The third-order valence-electron chi connectivity index (χ3n) is 4.15. The van der Waals surface area contributed by atoms with Crippen LogP contribution in [0.1, 0.15) is 13.8 Å². The number of aromatic nitrogens is 4. The average molecular weight is 337 g/mol. The third kappa shape index (κ3) is 3.68. The molecule has 0 radical (unpaired) electrons. The highest BCUT2D eigenvalue weighted by atomic mass is 35.5. The first-order valence-electron chi connectivity index (χ1n) is 7.57. The van der Waals surface area contributed by atoms with Crippen molar-refractivity contribution >= 4 is 24.0 Å². The zero-order valence-corrected chi connectivity index (χ0v) is 14.0. The van der Waals surface area contributed by atoms with Crippen molar-refractivity contribution in [2.75, 3.05) is 18.4 Å². The Morgan fingerprint density at radius 3 is 2.91 bits per heavy atom. The fourth-order valence-electron chi connectivity index (χ4n) is 2.50. The summed E-state index contributed by atoms with van der Waals surface area (Å²) in [6.45, 7) is 6.49. The number of nitrogens with zero attached hydrogens (tertiary/aromatic N) is 4. The Morgan fingerprint density at radius 1 is 1.48 bits per heavy atom. The molecular formula is C15H21ClN6O. The molecule has 2 heterocycles. The van der Waals surface area contributed by atoms with E-state index in [0.717, 1.165) is 24.3 Å². The van der Waals surface area contributed by atoms with E-state index in [1.807, 2.05) is 38.1 Å². The van der Waals surface area contributed by atoms with Crippen molar-refractivity contribution in [3.8, 4) is 11.4 Å². The quantitative estimate of drug-likeness (QED) is 0.866. The highest BCUT2D eigenvalue weighted by Crippen LogP contribution is 2.22. The van der Waals surface area contributed by atoms with Crippen LogP contribution in [0, 0.1) is 11.8 Å². The Bertz CT molecular complexity index is 669. The van der Waals surface area contributed by atoms with Gasteiger partial charge in [0.25, 0.3) is 0 Å². The lowest BCUT2D eigenvalue weighted by Crippen LogP contribution is -2.48. The van der Waals surface area contributed by atoms with Crippen LogP contribution < -0.4 is 10.6 Å². The molecule has 124 valence electrons. The summed E-state index contributed by atoms with van der Waals surface area (Å²) in [7, 11) is 0. The lowest BCUT2D eigenvalue weighted by atomic mass is 9.88. The number of hydrogen-bond acceptors (Lipinski definition) is 5. The van der Waals surface area contributed by atoms with Gasteiger partial charge in [0.15, 0.2) is 5.82 Å². The molecule has 0 saturated carbocycles. The minimum Gasteiger partial charge on any atom is -0.326 e. The number of benzene rings is 1. The maximum absolute atomic E-state index is 12.3. The summed E-state index contributed by atoms with van der Waals surface area (Å²) in [6, 6.07) is 7.62. The van der Waals surface area contributed by atoms with Gasteiger partial charge >= 0.3 is 0 Å². The smallest absolute Gasteiger partial charge is 0.227 e. The molecule has 1 aromatic heterocycles. The Hall–Kier alpha value is -1.99. The van der Waals surface area contributed by atoms with Crippen LogP contribution in [0.5, 0.6) is 0 Å². The molecule has 3 rings (SSSR count). The summed E-state index contributed by atoms with van der Waals surface area (Å²) >= 11 is 0. The van der Waals surface area contributed by atoms with E-state index in [9.17, 15) is 4.79 Å². The van der Waals surface area contributed by atoms with Crippen molar-refractivity contribution in [2.45, 2.75) is 20.4 Å². The second-order valence-corrected chi connectivity index (χ2v) is 5.60. The van der Waals surface area contributed by atoms with Crippen molar-refractivity contribution < 1.29 is 4.79 Å². The van der Waals surface area contributed by atoms with E-state index in [1.54, 1.807) is 4.68 Å². The van der Waals surface area contributed by atoms with Crippen LogP contribution in [0.2, 0.25) is 0 Å². The third-order valence-corrected chi connectivity index (χ3v) is 4.15. The number of hydrogen-bond donors (Lipinski definition) is 2. The molecule has 2 N–H and O–H groups in total. The largest absolute Gasteiger partial charge is 0.326 e. The van der Waals surface area contributed by atoms with Gasteiger partial charge in [0.05, 0.1) is 0 Å². The Labute approximate surface area is 141 Å².